The van der Waals surface area contributed by atoms with Crippen LogP contribution < -0.4 is 5.73 Å². The number of rotatable bonds is 1. The quantitative estimate of drug-likeness (QED) is 0.622. The molecule has 6 rings (SSSR count). The SMILES string of the molecule is Cl.NC12C3C4C1C1C2C3C41C(=O)O. The van der Waals surface area contributed by atoms with Gasteiger partial charge in [0.1, 0.15) is 0 Å². The third-order valence-corrected chi connectivity index (χ3v) is 6.08. The highest BCUT2D eigenvalue weighted by Gasteiger charge is 3.11. The topological polar surface area (TPSA) is 63.3 Å². The van der Waals surface area contributed by atoms with Crippen LogP contribution in [0, 0.1) is 40.9 Å². The summed E-state index contributed by atoms with van der Waals surface area (Å²) < 4.78 is 0. The molecule has 0 aliphatic heterocycles. The van der Waals surface area contributed by atoms with Gasteiger partial charge in [-0.1, -0.05) is 0 Å². The van der Waals surface area contributed by atoms with Crippen LogP contribution in [0.2, 0.25) is 0 Å². The van der Waals surface area contributed by atoms with Crippen molar-refractivity contribution >= 4 is 18.4 Å². The van der Waals surface area contributed by atoms with E-state index in [2.05, 4.69) is 0 Å². The molecule has 0 unspecified atom stereocenters. The summed E-state index contributed by atoms with van der Waals surface area (Å²) in [7, 11) is 0. The van der Waals surface area contributed by atoms with Crippen molar-refractivity contribution in [2.75, 3.05) is 0 Å². The second-order valence-electron chi connectivity index (χ2n) is 5.39. The Morgan fingerprint density at radius 1 is 1.08 bits per heavy atom. The normalized spacial score (nSPS) is 81.3. The van der Waals surface area contributed by atoms with Gasteiger partial charge in [-0.2, -0.15) is 0 Å². The van der Waals surface area contributed by atoms with Crippen LogP contribution in [-0.2, 0) is 4.79 Å². The number of hydrogen-bond donors (Lipinski definition) is 2. The third-order valence-electron chi connectivity index (χ3n) is 6.08. The smallest absolute Gasteiger partial charge is 0.310 e. The van der Waals surface area contributed by atoms with E-state index in [4.69, 9.17) is 10.8 Å². The van der Waals surface area contributed by atoms with Gasteiger partial charge in [-0.05, 0) is 35.5 Å². The van der Waals surface area contributed by atoms with E-state index in [0.717, 1.165) is 0 Å². The molecule has 6 aliphatic carbocycles. The molecule has 0 aromatic rings. The van der Waals surface area contributed by atoms with Crippen LogP contribution in [0.3, 0.4) is 0 Å². The zero-order chi connectivity index (χ0) is 8.04. The summed E-state index contributed by atoms with van der Waals surface area (Å²) in [5, 5.41) is 9.11. The van der Waals surface area contributed by atoms with Crippen molar-refractivity contribution < 1.29 is 9.90 Å². The molecular weight excluding hydrogens is 190 g/mol. The first kappa shape index (κ1) is 7.07. The Bertz CT molecular complexity index is 326. The summed E-state index contributed by atoms with van der Waals surface area (Å²) in [6, 6.07) is 0. The van der Waals surface area contributed by atoms with E-state index in [1.807, 2.05) is 0 Å². The zero-order valence-corrected chi connectivity index (χ0v) is 7.62. The van der Waals surface area contributed by atoms with Gasteiger partial charge in [0.15, 0.2) is 0 Å². The molecule has 13 heavy (non-hydrogen) atoms. The highest BCUT2D eigenvalue weighted by molar-refractivity contribution is 5.87. The lowest BCUT2D eigenvalue weighted by molar-refractivity contribution is -0.604. The van der Waals surface area contributed by atoms with Gasteiger partial charge in [0.25, 0.3) is 0 Å². The fourth-order valence-electron chi connectivity index (χ4n) is 6.04. The van der Waals surface area contributed by atoms with E-state index >= 15 is 0 Å². The molecule has 6 saturated carbocycles. The van der Waals surface area contributed by atoms with Gasteiger partial charge in [-0.25, -0.2) is 0 Å². The van der Waals surface area contributed by atoms with Crippen molar-refractivity contribution in [2.24, 2.45) is 46.7 Å². The van der Waals surface area contributed by atoms with Crippen LogP contribution in [0.25, 0.3) is 0 Å². The Hall–Kier alpha value is -0.280. The van der Waals surface area contributed by atoms with Crippen molar-refractivity contribution in [3.63, 3.8) is 0 Å². The summed E-state index contributed by atoms with van der Waals surface area (Å²) in [4.78, 5) is 11.0. The summed E-state index contributed by atoms with van der Waals surface area (Å²) in [5.74, 6) is 2.92. The van der Waals surface area contributed by atoms with Gasteiger partial charge in [-0.3, -0.25) is 4.79 Å². The number of nitrogens with two attached hydrogens (primary N) is 1. The fourth-order valence-corrected chi connectivity index (χ4v) is 6.04. The molecule has 6 aliphatic rings. The van der Waals surface area contributed by atoms with E-state index in [1.165, 1.54) is 0 Å². The van der Waals surface area contributed by atoms with Crippen LogP contribution in [0.5, 0.6) is 0 Å². The van der Waals surface area contributed by atoms with Crippen LogP contribution in [-0.4, -0.2) is 16.6 Å². The van der Waals surface area contributed by atoms with E-state index in [1.54, 1.807) is 0 Å². The number of carbonyl (C=O) groups is 1. The molecule has 0 spiro atoms. The predicted octanol–water partition coefficient (Wildman–Crippen LogP) is -0.0581. The van der Waals surface area contributed by atoms with E-state index in [9.17, 15) is 4.79 Å². The molecule has 0 atom stereocenters. The first-order valence-corrected chi connectivity index (χ1v) is 4.70. The van der Waals surface area contributed by atoms with Crippen LogP contribution in [0.1, 0.15) is 0 Å². The Kier molecular flexibility index (Phi) is 0.684. The first-order valence-electron chi connectivity index (χ1n) is 4.70. The summed E-state index contributed by atoms with van der Waals surface area (Å²) >= 11 is 0. The van der Waals surface area contributed by atoms with Crippen molar-refractivity contribution in [3.8, 4) is 0 Å². The number of halogens is 1. The monoisotopic (exact) mass is 199 g/mol. The molecular formula is C9H10ClNO2. The first-order chi connectivity index (χ1) is 5.68. The van der Waals surface area contributed by atoms with E-state index < -0.39 is 5.97 Å². The fraction of sp³-hybridized carbons (Fsp3) is 0.889. The Balaban J connectivity index is 0.000000512. The lowest BCUT2D eigenvalue weighted by Crippen LogP contribution is -3.15. The molecule has 0 radical (unpaired) electrons. The molecule has 0 heterocycles. The molecule has 6 fully saturated rings. The molecule has 0 aromatic carbocycles. The maximum atomic E-state index is 11.0. The number of carboxylic acids is 1. The molecule has 3 nitrogen and oxygen atoms in total. The van der Waals surface area contributed by atoms with Gasteiger partial charge in [0, 0.05) is 5.54 Å². The Morgan fingerprint density at radius 2 is 1.46 bits per heavy atom. The molecule has 70 valence electrons. The summed E-state index contributed by atoms with van der Waals surface area (Å²) in [6.07, 6.45) is 0. The molecule has 3 N–H and O–H groups in total. The third kappa shape index (κ3) is 0.256. The minimum atomic E-state index is -0.520. The van der Waals surface area contributed by atoms with Crippen molar-refractivity contribution in [2.45, 2.75) is 5.54 Å². The average molecular weight is 200 g/mol. The number of hydrogen-bond acceptors (Lipinski definition) is 2. The molecule has 4 heteroatoms. The van der Waals surface area contributed by atoms with Gasteiger partial charge >= 0.3 is 5.97 Å². The second-order valence-corrected chi connectivity index (χ2v) is 5.39. The van der Waals surface area contributed by atoms with Crippen molar-refractivity contribution in [3.05, 3.63) is 0 Å². The molecule has 0 saturated heterocycles. The maximum Gasteiger partial charge on any atom is 0.310 e. The molecule has 0 bridgehead atoms. The van der Waals surface area contributed by atoms with Gasteiger partial charge in [-0.15, -0.1) is 12.4 Å². The second kappa shape index (κ2) is 1.26. The maximum absolute atomic E-state index is 11.0. The Labute approximate surface area is 81.1 Å². The lowest BCUT2D eigenvalue weighted by atomic mass is 8.94. The van der Waals surface area contributed by atoms with Gasteiger partial charge < -0.3 is 10.8 Å². The minimum Gasteiger partial charge on any atom is -0.481 e. The predicted molar refractivity (Wildman–Crippen MR) is 45.2 cm³/mol. The van der Waals surface area contributed by atoms with E-state index in [-0.39, 0.29) is 23.4 Å². The zero-order valence-electron chi connectivity index (χ0n) is 6.81. The van der Waals surface area contributed by atoms with Crippen LogP contribution in [0.15, 0.2) is 0 Å². The van der Waals surface area contributed by atoms with Crippen LogP contribution >= 0.6 is 12.4 Å². The number of carboxylic acid groups (broad SMARTS) is 1. The lowest BCUT2D eigenvalue weighted by Gasteiger charge is -3.09. The van der Waals surface area contributed by atoms with E-state index in [0.29, 0.717) is 35.5 Å². The average Bonchev–Trinajstić information content (AvgIpc) is 2.04. The summed E-state index contributed by atoms with van der Waals surface area (Å²) in [5.41, 5.74) is 6.09. The highest BCUT2D eigenvalue weighted by Crippen LogP contribution is 3.06. The van der Waals surface area contributed by atoms with Gasteiger partial charge in [0.2, 0.25) is 0 Å². The largest absolute Gasteiger partial charge is 0.481 e. The van der Waals surface area contributed by atoms with Crippen molar-refractivity contribution in [1.82, 2.24) is 0 Å². The van der Waals surface area contributed by atoms with Crippen LogP contribution in [0.4, 0.5) is 0 Å². The Morgan fingerprint density at radius 3 is 1.77 bits per heavy atom. The van der Waals surface area contributed by atoms with Crippen molar-refractivity contribution in [1.29, 1.82) is 0 Å². The summed E-state index contributed by atoms with van der Waals surface area (Å²) in [6.45, 7) is 0. The minimum absolute atomic E-state index is 0. The molecule has 0 aromatic heterocycles. The number of aliphatic carboxylic acids is 1. The standard InChI is InChI=1S/C9H9NO2.ClH/c10-9-4-1-5(9)3-6(9)2(4)8(1,3)7(11)12;/h1-6H,10H2,(H,11,12);1H. The highest BCUT2D eigenvalue weighted by atomic mass is 35.5. The molecule has 0 amide bonds. The van der Waals surface area contributed by atoms with Gasteiger partial charge in [0.05, 0.1) is 5.41 Å².